The summed E-state index contributed by atoms with van der Waals surface area (Å²) >= 11 is 1.34. The van der Waals surface area contributed by atoms with Crippen LogP contribution in [0.5, 0.6) is 5.88 Å². The van der Waals surface area contributed by atoms with Crippen LogP contribution in [0.25, 0.3) is 10.2 Å². The summed E-state index contributed by atoms with van der Waals surface area (Å²) in [6, 6.07) is 4.07. The number of aryl methyl sites for hydroxylation is 1. The summed E-state index contributed by atoms with van der Waals surface area (Å²) in [6.45, 7) is 6.99. The minimum absolute atomic E-state index is 0.144. The highest BCUT2D eigenvalue weighted by atomic mass is 32.1. The topological polar surface area (TPSA) is 89.5 Å². The zero-order chi connectivity index (χ0) is 22.7. The van der Waals surface area contributed by atoms with Crippen molar-refractivity contribution in [3.05, 3.63) is 40.2 Å². The van der Waals surface area contributed by atoms with Crippen molar-refractivity contribution < 1.29 is 14.3 Å². The lowest BCUT2D eigenvalue weighted by Gasteiger charge is -2.31. The number of methoxy groups -OCH3 is 2. The van der Waals surface area contributed by atoms with Gasteiger partial charge in [0.25, 0.3) is 5.91 Å². The molecule has 0 saturated carbocycles. The highest BCUT2D eigenvalue weighted by molar-refractivity contribution is 7.20. The number of carbonyl (C=O) groups is 1. The Morgan fingerprint density at radius 3 is 2.69 bits per heavy atom. The van der Waals surface area contributed by atoms with Crippen LogP contribution in [0.4, 0.5) is 5.82 Å². The third kappa shape index (κ3) is 4.68. The Labute approximate surface area is 192 Å². The van der Waals surface area contributed by atoms with Gasteiger partial charge in [0.15, 0.2) is 5.82 Å². The van der Waals surface area contributed by atoms with Crippen LogP contribution in [-0.4, -0.2) is 48.2 Å². The molecular weight excluding hydrogens is 426 g/mol. The van der Waals surface area contributed by atoms with Crippen LogP contribution in [-0.2, 0) is 17.9 Å². The van der Waals surface area contributed by atoms with Crippen molar-refractivity contribution in [1.29, 1.82) is 0 Å². The van der Waals surface area contributed by atoms with E-state index >= 15 is 0 Å². The molecule has 1 aliphatic heterocycles. The van der Waals surface area contributed by atoms with E-state index in [0.29, 0.717) is 28.0 Å². The number of pyridine rings is 1. The van der Waals surface area contributed by atoms with Crippen molar-refractivity contribution in [2.45, 2.75) is 39.8 Å². The largest absolute Gasteiger partial charge is 0.480 e. The first-order valence-corrected chi connectivity index (χ1v) is 11.6. The van der Waals surface area contributed by atoms with Gasteiger partial charge >= 0.3 is 0 Å². The van der Waals surface area contributed by atoms with E-state index in [1.165, 1.54) is 24.2 Å². The predicted octanol–water partition coefficient (Wildman–Crippen LogP) is 3.72. The van der Waals surface area contributed by atoms with Crippen LogP contribution >= 0.6 is 11.3 Å². The van der Waals surface area contributed by atoms with Gasteiger partial charge in [-0.25, -0.2) is 9.97 Å². The lowest BCUT2D eigenvalue weighted by Crippen LogP contribution is -2.33. The van der Waals surface area contributed by atoms with E-state index in [1.54, 1.807) is 14.2 Å². The molecule has 0 aromatic carbocycles. The maximum atomic E-state index is 12.9. The fraction of sp³-hybridized carbons (Fsp3) is 0.478. The Morgan fingerprint density at radius 1 is 1.25 bits per heavy atom. The quantitative estimate of drug-likeness (QED) is 0.581. The molecule has 0 bridgehead atoms. The predicted molar refractivity (Wildman–Crippen MR) is 125 cm³/mol. The van der Waals surface area contributed by atoms with Crippen LogP contribution in [0.15, 0.2) is 18.3 Å². The maximum absolute atomic E-state index is 12.9. The summed E-state index contributed by atoms with van der Waals surface area (Å²) in [5, 5.41) is 3.77. The highest BCUT2D eigenvalue weighted by Gasteiger charge is 2.21. The number of nitrogens with zero attached hydrogens (tertiary/aromatic N) is 4. The number of thiophene rings is 1. The number of carbonyl (C=O) groups excluding carboxylic acids is 1. The molecule has 32 heavy (non-hydrogen) atoms. The SMILES string of the molecule is COCc1nc(OC)c2c(C)c(C(=O)NCc3ccc(N4CCC(C)CC4)nc3)sc2n1. The van der Waals surface area contributed by atoms with Gasteiger partial charge in [0, 0.05) is 32.9 Å². The normalized spacial score (nSPS) is 14.7. The van der Waals surface area contributed by atoms with Gasteiger partial charge in [-0.15, -0.1) is 11.3 Å². The van der Waals surface area contributed by atoms with Crippen molar-refractivity contribution in [2.24, 2.45) is 5.92 Å². The Bertz CT molecular complexity index is 1090. The summed E-state index contributed by atoms with van der Waals surface area (Å²) in [7, 11) is 3.16. The molecule has 1 fully saturated rings. The van der Waals surface area contributed by atoms with E-state index in [1.807, 2.05) is 25.3 Å². The third-order valence-corrected chi connectivity index (χ3v) is 7.03. The zero-order valence-electron chi connectivity index (χ0n) is 19.0. The van der Waals surface area contributed by atoms with Crippen molar-refractivity contribution >= 4 is 33.3 Å². The lowest BCUT2D eigenvalue weighted by atomic mass is 9.99. The molecule has 1 amide bonds. The van der Waals surface area contributed by atoms with Crippen LogP contribution in [0.3, 0.4) is 0 Å². The van der Waals surface area contributed by atoms with Crippen molar-refractivity contribution in [3.63, 3.8) is 0 Å². The van der Waals surface area contributed by atoms with Gasteiger partial charge in [-0.2, -0.15) is 4.98 Å². The van der Waals surface area contributed by atoms with Crippen molar-refractivity contribution in [1.82, 2.24) is 20.3 Å². The summed E-state index contributed by atoms with van der Waals surface area (Å²) in [4.78, 5) is 30.1. The molecule has 4 rings (SSSR count). The molecule has 1 aliphatic rings. The van der Waals surface area contributed by atoms with E-state index in [4.69, 9.17) is 9.47 Å². The second-order valence-electron chi connectivity index (χ2n) is 8.20. The number of nitrogens with one attached hydrogen (secondary N) is 1. The van der Waals surface area contributed by atoms with E-state index in [0.717, 1.165) is 41.3 Å². The minimum atomic E-state index is -0.144. The zero-order valence-corrected chi connectivity index (χ0v) is 19.8. The molecular formula is C23H29N5O3S. The molecule has 1 saturated heterocycles. The maximum Gasteiger partial charge on any atom is 0.261 e. The number of hydrogen-bond donors (Lipinski definition) is 1. The third-order valence-electron chi connectivity index (χ3n) is 5.85. The second kappa shape index (κ2) is 9.79. The molecule has 3 aromatic heterocycles. The van der Waals surface area contributed by atoms with E-state index in [-0.39, 0.29) is 12.5 Å². The van der Waals surface area contributed by atoms with E-state index < -0.39 is 0 Å². The second-order valence-corrected chi connectivity index (χ2v) is 9.19. The Balaban J connectivity index is 1.45. The lowest BCUT2D eigenvalue weighted by molar-refractivity contribution is 0.0954. The Kier molecular flexibility index (Phi) is 6.86. The Hall–Kier alpha value is -2.78. The molecule has 9 heteroatoms. The monoisotopic (exact) mass is 455 g/mol. The Morgan fingerprint density at radius 2 is 2.03 bits per heavy atom. The summed E-state index contributed by atoms with van der Waals surface area (Å²) in [6.07, 6.45) is 4.25. The number of anilines is 1. The smallest absolute Gasteiger partial charge is 0.261 e. The van der Waals surface area contributed by atoms with Gasteiger partial charge in [0.2, 0.25) is 5.88 Å². The first-order chi connectivity index (χ1) is 15.5. The van der Waals surface area contributed by atoms with Crippen LogP contribution in [0.1, 0.15) is 46.4 Å². The average molecular weight is 456 g/mol. The summed E-state index contributed by atoms with van der Waals surface area (Å²) in [5.74, 6) is 2.64. The van der Waals surface area contributed by atoms with Gasteiger partial charge in [-0.3, -0.25) is 4.79 Å². The number of amides is 1. The average Bonchev–Trinajstić information content (AvgIpc) is 3.14. The molecule has 0 unspecified atom stereocenters. The standard InChI is InChI=1S/C23H29N5O3S/c1-14-7-9-28(10-8-14)18-6-5-16(11-24-18)12-25-21(29)20-15(2)19-22(31-4)26-17(13-30-3)27-23(19)32-20/h5-6,11,14H,7-10,12-13H2,1-4H3,(H,25,29). The molecule has 3 aromatic rings. The summed E-state index contributed by atoms with van der Waals surface area (Å²) in [5.41, 5.74) is 1.78. The highest BCUT2D eigenvalue weighted by Crippen LogP contribution is 2.35. The molecule has 8 nitrogen and oxygen atoms in total. The molecule has 0 atom stereocenters. The number of hydrogen-bond acceptors (Lipinski definition) is 8. The van der Waals surface area contributed by atoms with Crippen molar-refractivity contribution in [2.75, 3.05) is 32.2 Å². The van der Waals surface area contributed by atoms with Gasteiger partial charge in [-0.05, 0) is 42.9 Å². The molecule has 0 radical (unpaired) electrons. The van der Waals surface area contributed by atoms with Crippen molar-refractivity contribution in [3.8, 4) is 5.88 Å². The fourth-order valence-corrected chi connectivity index (χ4v) is 5.02. The molecule has 1 N–H and O–H groups in total. The molecule has 170 valence electrons. The number of aromatic nitrogens is 3. The fourth-order valence-electron chi connectivity index (χ4n) is 3.91. The number of piperidine rings is 1. The number of ether oxygens (including phenoxy) is 2. The van der Waals surface area contributed by atoms with E-state index in [2.05, 4.69) is 32.1 Å². The van der Waals surface area contributed by atoms with Gasteiger partial charge < -0.3 is 19.7 Å². The van der Waals surface area contributed by atoms with Crippen LogP contribution in [0.2, 0.25) is 0 Å². The summed E-state index contributed by atoms with van der Waals surface area (Å²) < 4.78 is 10.6. The molecule has 0 spiro atoms. The van der Waals surface area contributed by atoms with Gasteiger partial charge in [-0.1, -0.05) is 13.0 Å². The minimum Gasteiger partial charge on any atom is -0.480 e. The number of rotatable bonds is 7. The van der Waals surface area contributed by atoms with Gasteiger partial charge in [0.05, 0.1) is 17.4 Å². The van der Waals surface area contributed by atoms with E-state index in [9.17, 15) is 4.79 Å². The molecule has 4 heterocycles. The number of fused-ring (bicyclic) bond motifs is 1. The van der Waals surface area contributed by atoms with Crippen LogP contribution < -0.4 is 15.0 Å². The van der Waals surface area contributed by atoms with Crippen LogP contribution in [0, 0.1) is 12.8 Å². The first-order valence-electron chi connectivity index (χ1n) is 10.8. The molecule has 0 aliphatic carbocycles. The van der Waals surface area contributed by atoms with Gasteiger partial charge in [0.1, 0.15) is 17.3 Å². The first kappa shape index (κ1) is 22.4.